The second-order valence-electron chi connectivity index (χ2n) is 11.0. The van der Waals surface area contributed by atoms with E-state index in [9.17, 15) is 17.6 Å². The van der Waals surface area contributed by atoms with Crippen LogP contribution in [0.4, 0.5) is 15.8 Å². The molecule has 3 N–H and O–H groups in total. The first kappa shape index (κ1) is 34.7. The molecule has 0 unspecified atom stereocenters. The number of hydrogen-bond acceptors (Lipinski definition) is 7. The number of carbonyl (C=O) groups excluding carboxylic acids is 1. The van der Waals surface area contributed by atoms with Crippen molar-refractivity contribution in [2.75, 3.05) is 36.5 Å². The molecule has 0 saturated carbocycles. The summed E-state index contributed by atoms with van der Waals surface area (Å²) in [4.78, 5) is 15.6. The lowest BCUT2D eigenvalue weighted by molar-refractivity contribution is 0.102. The fraction of sp³-hybridized carbons (Fsp3) is 0.265. The summed E-state index contributed by atoms with van der Waals surface area (Å²) in [5.41, 5.74) is 3.48. The van der Waals surface area contributed by atoms with Gasteiger partial charge in [-0.05, 0) is 104 Å². The number of piperidine rings is 1. The van der Waals surface area contributed by atoms with Gasteiger partial charge in [-0.2, -0.15) is 0 Å². The molecule has 0 aromatic heterocycles. The molecule has 1 fully saturated rings. The van der Waals surface area contributed by atoms with E-state index >= 15 is 0 Å². The lowest BCUT2D eigenvalue weighted by atomic mass is 10.0. The number of carbonyl (C=O) groups is 1. The fourth-order valence-electron chi connectivity index (χ4n) is 5.29. The first-order chi connectivity index (χ1) is 21.6. The summed E-state index contributed by atoms with van der Waals surface area (Å²) >= 11 is 0. The SMILES string of the molecule is COc1cccc(CNC2CCN(Cc3ccc(Oc4ccc(NS(C)(=O)=O)cc4)cc3)CC2)c1C(=O)Nc1ccc(F)cc1.Cl. The van der Waals surface area contributed by atoms with Crippen molar-refractivity contribution >= 4 is 39.7 Å². The molecule has 1 aliphatic heterocycles. The number of rotatable bonds is 12. The van der Waals surface area contributed by atoms with Crippen molar-refractivity contribution in [2.24, 2.45) is 0 Å². The van der Waals surface area contributed by atoms with E-state index in [0.717, 1.165) is 44.3 Å². The minimum absolute atomic E-state index is 0. The van der Waals surface area contributed by atoms with Crippen LogP contribution in [-0.4, -0.2) is 51.7 Å². The number of benzene rings is 4. The van der Waals surface area contributed by atoms with Crippen LogP contribution in [0.1, 0.15) is 34.3 Å². The van der Waals surface area contributed by atoms with Crippen LogP contribution in [-0.2, 0) is 23.1 Å². The van der Waals surface area contributed by atoms with E-state index < -0.39 is 10.0 Å². The van der Waals surface area contributed by atoms with Crippen molar-refractivity contribution in [1.82, 2.24) is 10.2 Å². The van der Waals surface area contributed by atoms with Crippen LogP contribution in [0.2, 0.25) is 0 Å². The van der Waals surface area contributed by atoms with Crippen molar-refractivity contribution in [1.29, 1.82) is 0 Å². The number of anilines is 2. The smallest absolute Gasteiger partial charge is 0.259 e. The zero-order valence-corrected chi connectivity index (χ0v) is 27.3. The second-order valence-corrected chi connectivity index (χ2v) is 12.8. The Balaban J connectivity index is 0.00000480. The first-order valence-electron chi connectivity index (χ1n) is 14.7. The summed E-state index contributed by atoms with van der Waals surface area (Å²) in [5.74, 6) is 1.14. The van der Waals surface area contributed by atoms with E-state index in [1.54, 1.807) is 37.4 Å². The molecule has 46 heavy (non-hydrogen) atoms. The molecule has 9 nitrogen and oxygen atoms in total. The molecule has 1 aliphatic rings. The van der Waals surface area contributed by atoms with E-state index in [4.69, 9.17) is 9.47 Å². The maximum absolute atomic E-state index is 13.3. The van der Waals surface area contributed by atoms with Gasteiger partial charge in [-0.1, -0.05) is 24.3 Å². The summed E-state index contributed by atoms with van der Waals surface area (Å²) in [6.45, 7) is 3.24. The quantitative estimate of drug-likeness (QED) is 0.160. The number of hydrogen-bond donors (Lipinski definition) is 3. The zero-order chi connectivity index (χ0) is 31.8. The Labute approximate surface area is 275 Å². The van der Waals surface area contributed by atoms with Gasteiger partial charge in [0.15, 0.2) is 0 Å². The summed E-state index contributed by atoms with van der Waals surface area (Å²) < 4.78 is 49.9. The van der Waals surface area contributed by atoms with Gasteiger partial charge in [0.1, 0.15) is 23.1 Å². The normalized spacial score (nSPS) is 13.8. The van der Waals surface area contributed by atoms with Crippen LogP contribution < -0.4 is 24.8 Å². The number of nitrogens with one attached hydrogen (secondary N) is 3. The van der Waals surface area contributed by atoms with Gasteiger partial charge in [0.2, 0.25) is 10.0 Å². The highest BCUT2D eigenvalue weighted by Gasteiger charge is 2.22. The Bertz CT molecular complexity index is 1700. The number of ether oxygens (including phenoxy) is 2. The third kappa shape index (κ3) is 9.92. The monoisotopic (exact) mass is 668 g/mol. The highest BCUT2D eigenvalue weighted by molar-refractivity contribution is 7.92. The van der Waals surface area contributed by atoms with Gasteiger partial charge in [-0.25, -0.2) is 12.8 Å². The number of halogens is 2. The van der Waals surface area contributed by atoms with Crippen LogP contribution >= 0.6 is 12.4 Å². The highest BCUT2D eigenvalue weighted by atomic mass is 35.5. The Kier molecular flexibility index (Phi) is 12.0. The van der Waals surface area contributed by atoms with Crippen molar-refractivity contribution in [3.63, 3.8) is 0 Å². The van der Waals surface area contributed by atoms with Gasteiger partial charge in [0.05, 0.1) is 18.9 Å². The Hall–Kier alpha value is -4.16. The van der Waals surface area contributed by atoms with E-state index in [1.165, 1.54) is 29.8 Å². The summed E-state index contributed by atoms with van der Waals surface area (Å²) in [6.07, 6.45) is 3.07. The molecule has 1 saturated heterocycles. The Morgan fingerprint density at radius 2 is 1.50 bits per heavy atom. The molecular formula is C34H38ClFN4O5S. The third-order valence-electron chi connectivity index (χ3n) is 7.55. The third-order valence-corrected chi connectivity index (χ3v) is 8.16. The summed E-state index contributed by atoms with van der Waals surface area (Å²) in [5, 5.41) is 6.47. The van der Waals surface area contributed by atoms with Gasteiger partial charge in [-0.15, -0.1) is 12.4 Å². The van der Waals surface area contributed by atoms with Gasteiger partial charge < -0.3 is 20.1 Å². The number of nitrogens with zero attached hydrogens (tertiary/aromatic N) is 1. The van der Waals surface area contributed by atoms with Crippen molar-refractivity contribution in [2.45, 2.75) is 32.0 Å². The van der Waals surface area contributed by atoms with Gasteiger partial charge in [-0.3, -0.25) is 14.4 Å². The fourth-order valence-corrected chi connectivity index (χ4v) is 5.85. The van der Waals surface area contributed by atoms with Gasteiger partial charge in [0, 0.05) is 30.5 Å². The lowest BCUT2D eigenvalue weighted by Gasteiger charge is -2.32. The molecule has 12 heteroatoms. The van der Waals surface area contributed by atoms with E-state index in [1.807, 2.05) is 24.3 Å². The molecule has 4 aromatic carbocycles. The average Bonchev–Trinajstić information content (AvgIpc) is 3.02. The van der Waals surface area contributed by atoms with Crippen molar-refractivity contribution in [3.8, 4) is 17.2 Å². The van der Waals surface area contributed by atoms with Gasteiger partial charge in [0.25, 0.3) is 5.91 Å². The molecule has 0 spiro atoms. The molecular weight excluding hydrogens is 631 g/mol. The largest absolute Gasteiger partial charge is 0.496 e. The van der Waals surface area contributed by atoms with Crippen LogP contribution in [0, 0.1) is 5.82 Å². The predicted octanol–water partition coefficient (Wildman–Crippen LogP) is 6.43. The molecule has 4 aromatic rings. The van der Waals surface area contributed by atoms with Crippen LogP contribution in [0.3, 0.4) is 0 Å². The minimum atomic E-state index is -3.32. The molecule has 0 radical (unpaired) electrons. The number of likely N-dealkylation sites (tertiary alicyclic amines) is 1. The number of amides is 1. The Morgan fingerprint density at radius 3 is 2.11 bits per heavy atom. The topological polar surface area (TPSA) is 109 Å². The van der Waals surface area contributed by atoms with E-state index in [0.29, 0.717) is 46.8 Å². The number of sulfonamides is 1. The Morgan fingerprint density at radius 1 is 0.891 bits per heavy atom. The standard InChI is InChI=1S/C34H37FN4O5S.ClH/c1-43-32-5-3-4-25(33(32)34(40)37-28-10-8-26(35)9-11-28)22-36-27-18-20-39(21-19-27)23-24-6-14-30(15-7-24)44-31-16-12-29(13-17-31)38-45(2,41)42;/h3-17,27,36,38H,18-23H2,1-2H3,(H,37,40);1H. The van der Waals surface area contributed by atoms with Gasteiger partial charge >= 0.3 is 0 Å². The van der Waals surface area contributed by atoms with Crippen LogP contribution in [0.25, 0.3) is 0 Å². The highest BCUT2D eigenvalue weighted by Crippen LogP contribution is 2.26. The van der Waals surface area contributed by atoms with Crippen LogP contribution in [0.5, 0.6) is 17.2 Å². The first-order valence-corrected chi connectivity index (χ1v) is 16.6. The number of methoxy groups -OCH3 is 1. The zero-order valence-electron chi connectivity index (χ0n) is 25.7. The molecule has 1 amide bonds. The summed E-state index contributed by atoms with van der Waals surface area (Å²) in [6, 6.07) is 26.3. The van der Waals surface area contributed by atoms with Crippen molar-refractivity contribution < 1.29 is 27.1 Å². The predicted molar refractivity (Wildman–Crippen MR) is 181 cm³/mol. The minimum Gasteiger partial charge on any atom is -0.496 e. The molecule has 5 rings (SSSR count). The molecule has 1 heterocycles. The second kappa shape index (κ2) is 15.9. The summed E-state index contributed by atoms with van der Waals surface area (Å²) in [7, 11) is -1.78. The lowest BCUT2D eigenvalue weighted by Crippen LogP contribution is -2.42. The van der Waals surface area contributed by atoms with E-state index in [-0.39, 0.29) is 24.1 Å². The maximum atomic E-state index is 13.3. The van der Waals surface area contributed by atoms with Crippen LogP contribution in [0.15, 0.2) is 91.0 Å². The van der Waals surface area contributed by atoms with Crippen molar-refractivity contribution in [3.05, 3.63) is 114 Å². The van der Waals surface area contributed by atoms with E-state index in [2.05, 4.69) is 32.4 Å². The molecule has 0 aliphatic carbocycles. The average molecular weight is 669 g/mol. The molecule has 244 valence electrons. The maximum Gasteiger partial charge on any atom is 0.259 e. The molecule has 0 atom stereocenters. The molecule has 0 bridgehead atoms.